The molecule has 2 heterocycles. The van der Waals surface area contributed by atoms with E-state index in [1.54, 1.807) is 19.2 Å². The Morgan fingerprint density at radius 1 is 1.56 bits per heavy atom. The minimum absolute atomic E-state index is 0.0803. The van der Waals surface area contributed by atoms with Crippen molar-refractivity contribution >= 4 is 28.8 Å². The molecule has 0 bridgehead atoms. The first-order valence-electron chi connectivity index (χ1n) is 7.79. The monoisotopic (exact) mass is 367 g/mol. The van der Waals surface area contributed by atoms with Crippen molar-refractivity contribution in [3.8, 4) is 0 Å². The van der Waals surface area contributed by atoms with Crippen molar-refractivity contribution in [2.24, 2.45) is 10.7 Å². The normalized spacial score (nSPS) is 13.7. The van der Waals surface area contributed by atoms with E-state index in [4.69, 9.17) is 17.3 Å². The summed E-state index contributed by atoms with van der Waals surface area (Å²) in [5.41, 5.74) is 5.14. The molecule has 2 aromatic heterocycles. The molecule has 2 rings (SSSR count). The Balaban J connectivity index is 2.51. The SMILES string of the molecule is CCCC/N=C\C=C(\C)[C@@H](N)n1c(=O)[nH]c(=O)c2cc(F)c(Cl)nc21. The molecule has 0 aliphatic carbocycles. The van der Waals surface area contributed by atoms with Gasteiger partial charge in [-0.3, -0.25) is 19.3 Å². The highest BCUT2D eigenvalue weighted by atomic mass is 35.5. The lowest BCUT2D eigenvalue weighted by molar-refractivity contribution is 0.574. The first-order valence-corrected chi connectivity index (χ1v) is 8.17. The molecule has 0 aliphatic heterocycles. The number of hydrogen-bond donors (Lipinski definition) is 2. The topological polar surface area (TPSA) is 106 Å². The summed E-state index contributed by atoms with van der Waals surface area (Å²) in [7, 11) is 0. The lowest BCUT2D eigenvalue weighted by Crippen LogP contribution is -2.37. The lowest BCUT2D eigenvalue weighted by atomic mass is 10.2. The fourth-order valence-electron chi connectivity index (χ4n) is 2.18. The van der Waals surface area contributed by atoms with Crippen LogP contribution in [0.1, 0.15) is 32.9 Å². The number of hydrogen-bond acceptors (Lipinski definition) is 5. The molecule has 0 aliphatic rings. The zero-order chi connectivity index (χ0) is 18.6. The van der Waals surface area contributed by atoms with Crippen molar-refractivity contribution in [1.29, 1.82) is 0 Å². The number of allylic oxidation sites excluding steroid dienone is 1. The van der Waals surface area contributed by atoms with E-state index in [0.29, 0.717) is 12.1 Å². The molecule has 0 amide bonds. The number of nitrogens with zero attached hydrogens (tertiary/aromatic N) is 3. The number of aromatic nitrogens is 3. The van der Waals surface area contributed by atoms with Gasteiger partial charge in [0.25, 0.3) is 5.56 Å². The summed E-state index contributed by atoms with van der Waals surface area (Å²) in [4.78, 5) is 34.2. The van der Waals surface area contributed by atoms with Gasteiger partial charge in [-0.15, -0.1) is 0 Å². The third-order valence-electron chi connectivity index (χ3n) is 3.65. The average molecular weight is 368 g/mol. The number of pyridine rings is 1. The summed E-state index contributed by atoms with van der Waals surface area (Å²) < 4.78 is 14.7. The predicted octanol–water partition coefficient (Wildman–Crippen LogP) is 2.15. The molecule has 25 heavy (non-hydrogen) atoms. The Kier molecular flexibility index (Phi) is 6.22. The van der Waals surface area contributed by atoms with Gasteiger partial charge in [0.05, 0.1) is 5.39 Å². The summed E-state index contributed by atoms with van der Waals surface area (Å²) in [6.45, 7) is 4.49. The highest BCUT2D eigenvalue weighted by molar-refractivity contribution is 6.29. The highest BCUT2D eigenvalue weighted by Gasteiger charge is 2.18. The third kappa shape index (κ3) is 4.21. The Morgan fingerprint density at radius 3 is 2.96 bits per heavy atom. The maximum absolute atomic E-state index is 13.6. The van der Waals surface area contributed by atoms with Crippen LogP contribution in [-0.2, 0) is 0 Å². The van der Waals surface area contributed by atoms with E-state index in [2.05, 4.69) is 21.9 Å². The second-order valence-corrected chi connectivity index (χ2v) is 5.88. The van der Waals surface area contributed by atoms with Gasteiger partial charge in [-0.1, -0.05) is 24.9 Å². The van der Waals surface area contributed by atoms with Crippen LogP contribution in [0.2, 0.25) is 5.15 Å². The van der Waals surface area contributed by atoms with Crippen molar-refractivity contribution in [2.75, 3.05) is 6.54 Å². The molecule has 3 N–H and O–H groups in total. The van der Waals surface area contributed by atoms with Gasteiger partial charge in [0, 0.05) is 12.8 Å². The maximum Gasteiger partial charge on any atom is 0.331 e. The molecular weight excluding hydrogens is 349 g/mol. The highest BCUT2D eigenvalue weighted by Crippen LogP contribution is 2.18. The van der Waals surface area contributed by atoms with Crippen molar-refractivity contribution in [1.82, 2.24) is 14.5 Å². The Labute approximate surface area is 148 Å². The molecule has 0 fully saturated rings. The van der Waals surface area contributed by atoms with Crippen molar-refractivity contribution < 1.29 is 4.39 Å². The van der Waals surface area contributed by atoms with Crippen LogP contribution in [0.3, 0.4) is 0 Å². The largest absolute Gasteiger partial charge is 0.331 e. The minimum atomic E-state index is -0.918. The second-order valence-electron chi connectivity index (χ2n) is 5.53. The van der Waals surface area contributed by atoms with E-state index in [1.165, 1.54) is 0 Å². The zero-order valence-corrected chi connectivity index (χ0v) is 14.7. The Morgan fingerprint density at radius 2 is 2.28 bits per heavy atom. The number of H-pyrrole nitrogens is 1. The van der Waals surface area contributed by atoms with E-state index < -0.39 is 28.4 Å². The van der Waals surface area contributed by atoms with E-state index in [-0.39, 0.29) is 11.0 Å². The third-order valence-corrected chi connectivity index (χ3v) is 3.92. The van der Waals surface area contributed by atoms with Crippen LogP contribution in [0.5, 0.6) is 0 Å². The number of unbranched alkanes of at least 4 members (excludes halogenated alkanes) is 1. The van der Waals surface area contributed by atoms with Gasteiger partial charge < -0.3 is 5.73 Å². The van der Waals surface area contributed by atoms with Gasteiger partial charge >= 0.3 is 5.69 Å². The van der Waals surface area contributed by atoms with Crippen molar-refractivity contribution in [2.45, 2.75) is 32.9 Å². The number of halogens is 2. The van der Waals surface area contributed by atoms with Crippen LogP contribution in [0.25, 0.3) is 11.0 Å². The van der Waals surface area contributed by atoms with E-state index >= 15 is 0 Å². The Hall–Kier alpha value is -2.32. The van der Waals surface area contributed by atoms with Gasteiger partial charge in [-0.05, 0) is 31.1 Å². The van der Waals surface area contributed by atoms with Gasteiger partial charge in [0.15, 0.2) is 16.6 Å². The summed E-state index contributed by atoms with van der Waals surface area (Å²) >= 11 is 5.69. The molecule has 0 saturated heterocycles. The van der Waals surface area contributed by atoms with Gasteiger partial charge in [0.2, 0.25) is 0 Å². The maximum atomic E-state index is 13.6. The van der Waals surface area contributed by atoms with Crippen LogP contribution in [0.4, 0.5) is 4.39 Å². The lowest BCUT2D eigenvalue weighted by Gasteiger charge is -2.17. The number of rotatable bonds is 6. The molecule has 0 unspecified atom stereocenters. The molecular formula is C16H19ClFN5O2. The standard InChI is InChI=1S/C16H19ClFN5O2/c1-3-4-6-20-7-5-9(2)13(19)23-14-10(15(24)22-16(23)25)8-11(18)12(17)21-14/h5,7-8,13H,3-4,6,19H2,1-2H3,(H,22,24,25)/b9-5-,20-7-/t13-/m0/s1. The number of fused-ring (bicyclic) bond motifs is 1. The van der Waals surface area contributed by atoms with Crippen LogP contribution < -0.4 is 17.0 Å². The van der Waals surface area contributed by atoms with E-state index in [9.17, 15) is 14.0 Å². The van der Waals surface area contributed by atoms with E-state index in [1.807, 2.05) is 0 Å². The van der Waals surface area contributed by atoms with E-state index in [0.717, 1.165) is 23.5 Å². The smallest absolute Gasteiger partial charge is 0.307 e. The molecule has 0 saturated carbocycles. The number of aromatic amines is 1. The van der Waals surface area contributed by atoms with Crippen LogP contribution in [0.15, 0.2) is 32.3 Å². The number of nitrogens with two attached hydrogens (primary N) is 1. The molecule has 0 spiro atoms. The molecule has 1 atom stereocenters. The summed E-state index contributed by atoms with van der Waals surface area (Å²) in [6, 6.07) is 0.928. The molecule has 7 nitrogen and oxygen atoms in total. The van der Waals surface area contributed by atoms with Crippen LogP contribution in [0, 0.1) is 5.82 Å². The molecule has 0 radical (unpaired) electrons. The van der Waals surface area contributed by atoms with Gasteiger partial charge in [0.1, 0.15) is 6.17 Å². The zero-order valence-electron chi connectivity index (χ0n) is 13.9. The molecule has 2 aromatic rings. The average Bonchev–Trinajstić information content (AvgIpc) is 2.56. The first-order chi connectivity index (χ1) is 11.9. The summed E-state index contributed by atoms with van der Waals surface area (Å²) in [5, 5.41) is -0.553. The summed E-state index contributed by atoms with van der Waals surface area (Å²) in [5.74, 6) is -0.853. The fourth-order valence-corrected chi connectivity index (χ4v) is 2.32. The van der Waals surface area contributed by atoms with Gasteiger partial charge in [-0.25, -0.2) is 14.2 Å². The second kappa shape index (κ2) is 8.17. The predicted molar refractivity (Wildman–Crippen MR) is 96.8 cm³/mol. The van der Waals surface area contributed by atoms with Crippen LogP contribution >= 0.6 is 11.6 Å². The number of nitrogens with one attached hydrogen (secondary N) is 1. The van der Waals surface area contributed by atoms with Gasteiger partial charge in [-0.2, -0.15) is 0 Å². The first kappa shape index (κ1) is 19.0. The van der Waals surface area contributed by atoms with Crippen molar-refractivity contribution in [3.05, 3.63) is 49.5 Å². The molecule has 9 heteroatoms. The van der Waals surface area contributed by atoms with Crippen molar-refractivity contribution in [3.63, 3.8) is 0 Å². The Bertz CT molecular complexity index is 948. The quantitative estimate of drug-likeness (QED) is 0.463. The molecule has 134 valence electrons. The molecule has 0 aromatic carbocycles. The van der Waals surface area contributed by atoms with Crippen LogP contribution in [-0.4, -0.2) is 27.3 Å². The number of aliphatic imine (C=N–C) groups is 1. The fraction of sp³-hybridized carbons (Fsp3) is 0.375. The summed E-state index contributed by atoms with van der Waals surface area (Å²) in [6.07, 6.45) is 4.39. The minimum Gasteiger partial charge on any atom is -0.307 e.